The number of halogens is 3. The highest BCUT2D eigenvalue weighted by Crippen LogP contribution is 2.38. The summed E-state index contributed by atoms with van der Waals surface area (Å²) in [6, 6.07) is 3.83. The van der Waals surface area contributed by atoms with Crippen molar-refractivity contribution in [3.05, 3.63) is 23.8 Å². The van der Waals surface area contributed by atoms with Gasteiger partial charge in [0.1, 0.15) is 0 Å². The van der Waals surface area contributed by atoms with E-state index >= 15 is 0 Å². The molecular weight excluding hydrogens is 245 g/mol. The van der Waals surface area contributed by atoms with Gasteiger partial charge in [-0.25, -0.2) is 0 Å². The summed E-state index contributed by atoms with van der Waals surface area (Å²) in [4.78, 5) is 1.71. The molecule has 1 aromatic rings. The van der Waals surface area contributed by atoms with Crippen molar-refractivity contribution in [2.24, 2.45) is 0 Å². The van der Waals surface area contributed by atoms with Gasteiger partial charge >= 0.3 is 6.18 Å². The highest BCUT2D eigenvalue weighted by atomic mass is 19.4. The number of hydrogen-bond acceptors (Lipinski definition) is 3. The zero-order valence-corrected chi connectivity index (χ0v) is 10.00. The first kappa shape index (κ1) is 13.0. The molecule has 1 aliphatic heterocycles. The van der Waals surface area contributed by atoms with Gasteiger partial charge in [0.2, 0.25) is 0 Å². The van der Waals surface area contributed by atoms with Gasteiger partial charge in [0.15, 0.2) is 0 Å². The Morgan fingerprint density at radius 2 is 2.11 bits per heavy atom. The fourth-order valence-corrected chi connectivity index (χ4v) is 2.12. The summed E-state index contributed by atoms with van der Waals surface area (Å²) in [5.74, 6) is 0. The lowest BCUT2D eigenvalue weighted by Crippen LogP contribution is -2.44. The van der Waals surface area contributed by atoms with Gasteiger partial charge < -0.3 is 15.4 Å². The van der Waals surface area contributed by atoms with Crippen LogP contribution in [-0.4, -0.2) is 25.8 Å². The Hall–Kier alpha value is -1.43. The average molecular weight is 260 g/mol. The summed E-state index contributed by atoms with van der Waals surface area (Å²) in [7, 11) is 0. The molecule has 2 rings (SSSR count). The predicted molar refractivity (Wildman–Crippen MR) is 63.5 cm³/mol. The fourth-order valence-electron chi connectivity index (χ4n) is 2.12. The van der Waals surface area contributed by atoms with Crippen LogP contribution in [0.1, 0.15) is 12.5 Å². The minimum atomic E-state index is -4.40. The number of hydrogen-bond donors (Lipinski definition) is 1. The molecular formula is C12H15F3N2O. The maximum atomic E-state index is 13.0. The lowest BCUT2D eigenvalue weighted by atomic mass is 10.1. The molecule has 0 aromatic heterocycles. The molecule has 1 fully saturated rings. The van der Waals surface area contributed by atoms with E-state index < -0.39 is 11.7 Å². The van der Waals surface area contributed by atoms with E-state index in [2.05, 4.69) is 0 Å². The number of anilines is 2. The highest BCUT2D eigenvalue weighted by Gasteiger charge is 2.36. The van der Waals surface area contributed by atoms with Gasteiger partial charge in [-0.15, -0.1) is 0 Å². The van der Waals surface area contributed by atoms with Crippen molar-refractivity contribution in [3.63, 3.8) is 0 Å². The third-order valence-electron chi connectivity index (χ3n) is 3.00. The van der Waals surface area contributed by atoms with Crippen molar-refractivity contribution < 1.29 is 17.9 Å². The molecule has 1 aromatic carbocycles. The van der Waals surface area contributed by atoms with Crippen molar-refractivity contribution >= 4 is 11.4 Å². The Balaban J connectivity index is 2.43. The molecule has 1 aliphatic rings. The molecule has 0 radical (unpaired) electrons. The van der Waals surface area contributed by atoms with Crippen molar-refractivity contribution in [1.29, 1.82) is 0 Å². The van der Waals surface area contributed by atoms with E-state index in [1.54, 1.807) is 4.90 Å². The zero-order chi connectivity index (χ0) is 13.3. The van der Waals surface area contributed by atoms with Gasteiger partial charge in [-0.1, -0.05) is 0 Å². The van der Waals surface area contributed by atoms with E-state index in [0.717, 1.165) is 6.07 Å². The molecule has 1 unspecified atom stereocenters. The number of nitrogen functional groups attached to an aromatic ring is 1. The lowest BCUT2D eigenvalue weighted by molar-refractivity contribution is -0.137. The zero-order valence-electron chi connectivity index (χ0n) is 10.00. The Morgan fingerprint density at radius 3 is 2.72 bits per heavy atom. The summed E-state index contributed by atoms with van der Waals surface area (Å²) >= 11 is 0. The second-order valence-electron chi connectivity index (χ2n) is 4.39. The molecule has 0 bridgehead atoms. The van der Waals surface area contributed by atoms with Crippen molar-refractivity contribution in [2.45, 2.75) is 19.1 Å². The number of rotatable bonds is 1. The number of morpholine rings is 1. The van der Waals surface area contributed by atoms with Crippen molar-refractivity contribution in [1.82, 2.24) is 0 Å². The quantitative estimate of drug-likeness (QED) is 0.788. The third kappa shape index (κ3) is 2.53. The van der Waals surface area contributed by atoms with E-state index in [0.29, 0.717) is 19.8 Å². The third-order valence-corrected chi connectivity index (χ3v) is 3.00. The molecule has 0 amide bonds. The van der Waals surface area contributed by atoms with Crippen LogP contribution < -0.4 is 10.6 Å². The topological polar surface area (TPSA) is 38.5 Å². The molecule has 6 heteroatoms. The predicted octanol–water partition coefficient (Wildman–Crippen LogP) is 2.51. The van der Waals surface area contributed by atoms with Crippen LogP contribution in [-0.2, 0) is 10.9 Å². The van der Waals surface area contributed by atoms with Gasteiger partial charge in [0.25, 0.3) is 0 Å². The molecule has 1 saturated heterocycles. The molecule has 100 valence electrons. The maximum absolute atomic E-state index is 13.0. The molecule has 0 spiro atoms. The Kier molecular flexibility index (Phi) is 3.38. The smallest absolute Gasteiger partial charge is 0.399 e. The van der Waals surface area contributed by atoms with Gasteiger partial charge in [0.05, 0.1) is 18.8 Å². The second-order valence-corrected chi connectivity index (χ2v) is 4.39. The lowest BCUT2D eigenvalue weighted by Gasteiger charge is -2.36. The van der Waals surface area contributed by atoms with Gasteiger partial charge in [0, 0.05) is 24.0 Å². The fraction of sp³-hybridized carbons (Fsp3) is 0.500. The van der Waals surface area contributed by atoms with Crippen LogP contribution in [0.4, 0.5) is 24.5 Å². The molecule has 1 heterocycles. The first-order chi connectivity index (χ1) is 8.39. The second kappa shape index (κ2) is 4.68. The van der Waals surface area contributed by atoms with Crippen LogP contribution in [0.2, 0.25) is 0 Å². The molecule has 18 heavy (non-hydrogen) atoms. The first-order valence-corrected chi connectivity index (χ1v) is 5.70. The van der Waals surface area contributed by atoms with Crippen molar-refractivity contribution in [2.75, 3.05) is 30.4 Å². The van der Waals surface area contributed by atoms with E-state index in [1.165, 1.54) is 12.1 Å². The SMILES string of the molecule is CC1COCCN1c1ccc(N)cc1C(F)(F)F. The van der Waals surface area contributed by atoms with Crippen LogP contribution in [0.15, 0.2) is 18.2 Å². The summed E-state index contributed by atoms with van der Waals surface area (Å²) < 4.78 is 44.2. The molecule has 0 saturated carbocycles. The Labute approximate surface area is 103 Å². The van der Waals surface area contributed by atoms with Crippen LogP contribution in [0, 0.1) is 0 Å². The Morgan fingerprint density at radius 1 is 1.39 bits per heavy atom. The molecule has 2 N–H and O–H groups in total. The monoisotopic (exact) mass is 260 g/mol. The minimum absolute atomic E-state index is 0.0801. The number of ether oxygens (including phenoxy) is 1. The summed E-state index contributed by atoms with van der Waals surface area (Å²) in [5.41, 5.74) is 5.05. The van der Waals surface area contributed by atoms with Gasteiger partial charge in [-0.05, 0) is 25.1 Å². The highest BCUT2D eigenvalue weighted by molar-refractivity contribution is 5.61. The van der Waals surface area contributed by atoms with E-state index in [9.17, 15) is 13.2 Å². The maximum Gasteiger partial charge on any atom is 0.418 e. The Bertz CT molecular complexity index is 434. The largest absolute Gasteiger partial charge is 0.418 e. The number of nitrogens with zero attached hydrogens (tertiary/aromatic N) is 1. The number of benzene rings is 1. The first-order valence-electron chi connectivity index (χ1n) is 5.70. The van der Waals surface area contributed by atoms with E-state index in [-0.39, 0.29) is 17.4 Å². The number of nitrogens with two attached hydrogens (primary N) is 1. The number of alkyl halides is 3. The van der Waals surface area contributed by atoms with Gasteiger partial charge in [-0.2, -0.15) is 13.2 Å². The normalized spacial score (nSPS) is 21.1. The summed E-state index contributed by atoms with van der Waals surface area (Å²) in [5, 5.41) is 0. The standard InChI is InChI=1S/C12H15F3N2O/c1-8-7-18-5-4-17(8)11-3-2-9(16)6-10(11)12(13,14)15/h2-3,6,8H,4-5,7,16H2,1H3. The van der Waals surface area contributed by atoms with E-state index in [1.807, 2.05) is 6.92 Å². The summed E-state index contributed by atoms with van der Waals surface area (Å²) in [6.07, 6.45) is -4.40. The van der Waals surface area contributed by atoms with Crippen molar-refractivity contribution in [3.8, 4) is 0 Å². The summed E-state index contributed by atoms with van der Waals surface area (Å²) in [6.45, 7) is 3.16. The van der Waals surface area contributed by atoms with E-state index in [4.69, 9.17) is 10.5 Å². The van der Waals surface area contributed by atoms with Crippen LogP contribution >= 0.6 is 0 Å². The average Bonchev–Trinajstić information content (AvgIpc) is 2.29. The minimum Gasteiger partial charge on any atom is -0.399 e. The van der Waals surface area contributed by atoms with Crippen LogP contribution in [0.5, 0.6) is 0 Å². The molecule has 3 nitrogen and oxygen atoms in total. The van der Waals surface area contributed by atoms with Gasteiger partial charge in [-0.3, -0.25) is 0 Å². The van der Waals surface area contributed by atoms with Crippen LogP contribution in [0.25, 0.3) is 0 Å². The molecule has 1 atom stereocenters. The molecule has 0 aliphatic carbocycles. The van der Waals surface area contributed by atoms with Crippen LogP contribution in [0.3, 0.4) is 0 Å².